The summed E-state index contributed by atoms with van der Waals surface area (Å²) in [5.41, 5.74) is 5.60. The van der Waals surface area contributed by atoms with Gasteiger partial charge in [-0.1, -0.05) is 72.3 Å². The van der Waals surface area contributed by atoms with E-state index in [2.05, 4.69) is 15.8 Å². The van der Waals surface area contributed by atoms with Gasteiger partial charge >= 0.3 is 0 Å². The Hall–Kier alpha value is -4.62. The van der Waals surface area contributed by atoms with Gasteiger partial charge < -0.3 is 14.8 Å². The molecular formula is C32H30ClN3O4. The summed E-state index contributed by atoms with van der Waals surface area (Å²) >= 11 is 5.95. The van der Waals surface area contributed by atoms with Gasteiger partial charge in [0.2, 0.25) is 5.91 Å². The molecule has 0 spiro atoms. The summed E-state index contributed by atoms with van der Waals surface area (Å²) in [7, 11) is 0. The summed E-state index contributed by atoms with van der Waals surface area (Å²) in [6.45, 7) is 2.72. The molecule has 0 saturated heterocycles. The molecule has 204 valence electrons. The lowest BCUT2D eigenvalue weighted by molar-refractivity contribution is -0.121. The van der Waals surface area contributed by atoms with Crippen molar-refractivity contribution in [2.24, 2.45) is 5.10 Å². The summed E-state index contributed by atoms with van der Waals surface area (Å²) in [6, 6.07) is 30.6. The molecule has 7 nitrogen and oxygen atoms in total. The Morgan fingerprint density at radius 2 is 1.57 bits per heavy atom. The van der Waals surface area contributed by atoms with Crippen molar-refractivity contribution in [3.63, 3.8) is 0 Å². The Morgan fingerprint density at radius 1 is 0.875 bits per heavy atom. The van der Waals surface area contributed by atoms with Crippen molar-refractivity contribution in [1.82, 2.24) is 10.7 Å². The molecule has 2 N–H and O–H groups in total. The zero-order valence-corrected chi connectivity index (χ0v) is 22.8. The largest absolute Gasteiger partial charge is 0.490 e. The molecule has 0 unspecified atom stereocenters. The monoisotopic (exact) mass is 555 g/mol. The van der Waals surface area contributed by atoms with Crippen molar-refractivity contribution in [1.29, 1.82) is 0 Å². The molecule has 4 rings (SSSR count). The van der Waals surface area contributed by atoms with Gasteiger partial charge in [-0.3, -0.25) is 9.59 Å². The van der Waals surface area contributed by atoms with E-state index in [0.29, 0.717) is 35.3 Å². The summed E-state index contributed by atoms with van der Waals surface area (Å²) in [4.78, 5) is 25.5. The quantitative estimate of drug-likeness (QED) is 0.158. The van der Waals surface area contributed by atoms with Gasteiger partial charge in [0.05, 0.1) is 25.3 Å². The van der Waals surface area contributed by atoms with E-state index in [4.69, 9.17) is 21.1 Å². The number of nitrogens with zero attached hydrogens (tertiary/aromatic N) is 1. The standard InChI is InChI=1S/C32H30ClN3O4/c1-2-39-30-19-24(15-18-29(30)40-22-23-13-16-27(33)17-14-23)21-34-36-31(37)20-28(25-9-5-3-6-10-25)35-32(38)26-11-7-4-8-12-26/h3-19,21,28H,2,20,22H2,1H3,(H,35,38)(H,36,37)/b34-21-/t28-/m1/s1. The molecule has 2 amide bonds. The fraction of sp³-hybridized carbons (Fsp3) is 0.156. The average molecular weight is 556 g/mol. The lowest BCUT2D eigenvalue weighted by Gasteiger charge is -2.18. The van der Waals surface area contributed by atoms with Crippen molar-refractivity contribution >= 4 is 29.6 Å². The van der Waals surface area contributed by atoms with Crippen LogP contribution in [0.3, 0.4) is 0 Å². The number of hydrogen-bond acceptors (Lipinski definition) is 5. The van der Waals surface area contributed by atoms with Crippen LogP contribution in [0.5, 0.6) is 11.5 Å². The number of nitrogens with one attached hydrogen (secondary N) is 2. The number of halogens is 1. The van der Waals surface area contributed by atoms with Crippen molar-refractivity contribution in [3.05, 3.63) is 130 Å². The average Bonchev–Trinajstić information content (AvgIpc) is 2.98. The molecule has 8 heteroatoms. The SMILES string of the molecule is CCOc1cc(/C=N\NC(=O)C[C@@H](NC(=O)c2ccccc2)c2ccccc2)ccc1OCc1ccc(Cl)cc1. The van der Waals surface area contributed by atoms with Crippen LogP contribution in [0.15, 0.2) is 108 Å². The van der Waals surface area contributed by atoms with Crippen LogP contribution in [-0.4, -0.2) is 24.6 Å². The molecule has 0 aliphatic carbocycles. The second-order valence-corrected chi connectivity index (χ2v) is 9.29. The third-order valence-corrected chi connectivity index (χ3v) is 6.16. The molecular weight excluding hydrogens is 526 g/mol. The highest BCUT2D eigenvalue weighted by atomic mass is 35.5. The Labute approximate surface area is 238 Å². The fourth-order valence-corrected chi connectivity index (χ4v) is 4.04. The predicted molar refractivity (Wildman–Crippen MR) is 157 cm³/mol. The third-order valence-electron chi connectivity index (χ3n) is 5.91. The molecule has 40 heavy (non-hydrogen) atoms. The molecule has 4 aromatic carbocycles. The van der Waals surface area contributed by atoms with Crippen LogP contribution in [0.1, 0.15) is 46.4 Å². The lowest BCUT2D eigenvalue weighted by atomic mass is 10.0. The van der Waals surface area contributed by atoms with Crippen LogP contribution in [0, 0.1) is 0 Å². The smallest absolute Gasteiger partial charge is 0.251 e. The molecule has 1 atom stereocenters. The van der Waals surface area contributed by atoms with E-state index in [1.165, 1.54) is 6.21 Å². The second kappa shape index (κ2) is 14.5. The molecule has 0 radical (unpaired) electrons. The van der Waals surface area contributed by atoms with E-state index in [1.807, 2.05) is 73.7 Å². The topological polar surface area (TPSA) is 89.0 Å². The van der Waals surface area contributed by atoms with Gasteiger partial charge in [0.1, 0.15) is 6.61 Å². The first-order chi connectivity index (χ1) is 19.5. The maximum atomic E-state index is 12.8. The van der Waals surface area contributed by atoms with Gasteiger partial charge in [-0.05, 0) is 66.1 Å². The Kier molecular flexibility index (Phi) is 10.3. The molecule has 0 aliphatic heterocycles. The molecule has 0 saturated carbocycles. The highest BCUT2D eigenvalue weighted by molar-refractivity contribution is 6.30. The van der Waals surface area contributed by atoms with Gasteiger partial charge in [-0.15, -0.1) is 0 Å². The highest BCUT2D eigenvalue weighted by Crippen LogP contribution is 2.29. The van der Waals surface area contributed by atoms with Gasteiger partial charge in [0.15, 0.2) is 11.5 Å². The minimum Gasteiger partial charge on any atom is -0.490 e. The van der Waals surface area contributed by atoms with E-state index >= 15 is 0 Å². The number of ether oxygens (including phenoxy) is 2. The predicted octanol–water partition coefficient (Wildman–Crippen LogP) is 6.33. The van der Waals surface area contributed by atoms with Gasteiger partial charge in [0.25, 0.3) is 5.91 Å². The van der Waals surface area contributed by atoms with Crippen molar-refractivity contribution in [2.45, 2.75) is 26.0 Å². The molecule has 4 aromatic rings. The second-order valence-electron chi connectivity index (χ2n) is 8.85. The first-order valence-electron chi connectivity index (χ1n) is 12.9. The number of hydrazone groups is 1. The van der Waals surface area contributed by atoms with Crippen molar-refractivity contribution in [2.75, 3.05) is 6.61 Å². The first kappa shape index (κ1) is 28.4. The summed E-state index contributed by atoms with van der Waals surface area (Å²) in [5.74, 6) is 0.566. The van der Waals surface area contributed by atoms with E-state index in [9.17, 15) is 9.59 Å². The number of carbonyl (C=O) groups is 2. The number of amides is 2. The minimum absolute atomic E-state index is 0.0155. The summed E-state index contributed by atoms with van der Waals surface area (Å²) in [6.07, 6.45) is 1.55. The van der Waals surface area contributed by atoms with Gasteiger partial charge in [-0.2, -0.15) is 5.10 Å². The van der Waals surface area contributed by atoms with Crippen molar-refractivity contribution < 1.29 is 19.1 Å². The van der Waals surface area contributed by atoms with Gasteiger partial charge in [-0.25, -0.2) is 5.43 Å². The van der Waals surface area contributed by atoms with E-state index in [-0.39, 0.29) is 18.2 Å². The van der Waals surface area contributed by atoms with Crippen LogP contribution < -0.4 is 20.2 Å². The number of benzene rings is 4. The normalized spacial score (nSPS) is 11.6. The van der Waals surface area contributed by atoms with Crippen LogP contribution >= 0.6 is 11.6 Å². The molecule has 0 aromatic heterocycles. The zero-order valence-electron chi connectivity index (χ0n) is 22.0. The maximum Gasteiger partial charge on any atom is 0.251 e. The van der Waals surface area contributed by atoms with Gasteiger partial charge in [0, 0.05) is 10.6 Å². The molecule has 0 heterocycles. The van der Waals surface area contributed by atoms with E-state index < -0.39 is 6.04 Å². The molecule has 0 fully saturated rings. The summed E-state index contributed by atoms with van der Waals surface area (Å²) in [5, 5.41) is 7.73. The first-order valence-corrected chi connectivity index (χ1v) is 13.3. The number of rotatable bonds is 12. The Bertz CT molecular complexity index is 1430. The van der Waals surface area contributed by atoms with Crippen LogP contribution in [0.25, 0.3) is 0 Å². The van der Waals surface area contributed by atoms with Crippen LogP contribution in [-0.2, 0) is 11.4 Å². The fourth-order valence-electron chi connectivity index (χ4n) is 3.91. The van der Waals surface area contributed by atoms with Crippen LogP contribution in [0.2, 0.25) is 5.02 Å². The Morgan fingerprint density at radius 3 is 2.27 bits per heavy atom. The molecule has 0 bridgehead atoms. The number of carbonyl (C=O) groups excluding carboxylic acids is 2. The maximum absolute atomic E-state index is 12.8. The molecule has 0 aliphatic rings. The number of hydrogen-bond donors (Lipinski definition) is 2. The Balaban J connectivity index is 1.38. The minimum atomic E-state index is -0.522. The highest BCUT2D eigenvalue weighted by Gasteiger charge is 2.19. The van der Waals surface area contributed by atoms with E-state index in [0.717, 1.165) is 16.7 Å². The van der Waals surface area contributed by atoms with Crippen LogP contribution in [0.4, 0.5) is 0 Å². The summed E-state index contributed by atoms with van der Waals surface area (Å²) < 4.78 is 11.7. The van der Waals surface area contributed by atoms with E-state index in [1.54, 1.807) is 36.4 Å². The van der Waals surface area contributed by atoms with Crippen molar-refractivity contribution in [3.8, 4) is 11.5 Å². The third kappa shape index (κ3) is 8.44. The lowest BCUT2D eigenvalue weighted by Crippen LogP contribution is -2.32. The zero-order chi connectivity index (χ0) is 28.2.